The number of halogens is 1. The van der Waals surface area contributed by atoms with E-state index in [1.807, 2.05) is 77.7 Å². The van der Waals surface area contributed by atoms with Gasteiger partial charge >= 0.3 is 0 Å². The number of benzene rings is 4. The molecule has 0 N–H and O–H groups in total. The van der Waals surface area contributed by atoms with Crippen molar-refractivity contribution in [1.29, 1.82) is 0 Å². The normalized spacial score (nSPS) is 13.5. The molecule has 0 radical (unpaired) electrons. The van der Waals surface area contributed by atoms with Crippen molar-refractivity contribution in [2.75, 3.05) is 26.2 Å². The van der Waals surface area contributed by atoms with Gasteiger partial charge in [0.15, 0.2) is 0 Å². The molecule has 1 aliphatic rings. The van der Waals surface area contributed by atoms with Crippen molar-refractivity contribution >= 4 is 23.6 Å². The first-order valence-corrected chi connectivity index (χ1v) is 17.4. The van der Waals surface area contributed by atoms with Gasteiger partial charge in [-0.2, -0.15) is 0 Å². The van der Waals surface area contributed by atoms with E-state index >= 15 is 0 Å². The first-order valence-electron chi connectivity index (χ1n) is 17.0. The average Bonchev–Trinajstić information content (AvgIpc) is 3.15. The molecule has 1 aromatic heterocycles. The third kappa shape index (κ3) is 9.97. The minimum absolute atomic E-state index is 0.0224. The lowest BCUT2D eigenvalue weighted by Gasteiger charge is -2.34. The number of pyridine rings is 1. The first kappa shape index (κ1) is 34.7. The summed E-state index contributed by atoms with van der Waals surface area (Å²) in [4.78, 5) is 21.6. The molecule has 50 heavy (non-hydrogen) atoms. The van der Waals surface area contributed by atoms with E-state index < -0.39 is 0 Å². The van der Waals surface area contributed by atoms with Crippen LogP contribution in [0.15, 0.2) is 121 Å². The second kappa shape index (κ2) is 17.0. The molecule has 0 aliphatic carbocycles. The molecule has 0 atom stereocenters. The number of nitrogens with zero attached hydrogens (tertiary/aromatic N) is 3. The third-order valence-corrected chi connectivity index (χ3v) is 9.02. The minimum Gasteiger partial charge on any atom is -0.489 e. The molecular weight excluding hydrogens is 646 g/mol. The van der Waals surface area contributed by atoms with Crippen LogP contribution in [0, 0.1) is 0 Å². The summed E-state index contributed by atoms with van der Waals surface area (Å²) in [6.45, 7) is 9.23. The van der Waals surface area contributed by atoms with Crippen LogP contribution in [0.3, 0.4) is 0 Å². The van der Waals surface area contributed by atoms with Crippen LogP contribution in [-0.2, 0) is 24.6 Å². The minimum atomic E-state index is 0.0224. The number of piperazine rings is 1. The van der Waals surface area contributed by atoms with Crippen LogP contribution in [0.4, 0.5) is 0 Å². The molecule has 6 rings (SSSR count). The van der Waals surface area contributed by atoms with Crippen LogP contribution < -0.4 is 14.2 Å². The van der Waals surface area contributed by atoms with Gasteiger partial charge in [0.25, 0.3) is 0 Å². The highest BCUT2D eigenvalue weighted by atomic mass is 35.5. The van der Waals surface area contributed by atoms with Gasteiger partial charge in [-0.25, -0.2) is 4.98 Å². The summed E-state index contributed by atoms with van der Waals surface area (Å²) in [5.74, 6) is 3.15. The fourth-order valence-electron chi connectivity index (χ4n) is 5.57. The second-order valence-corrected chi connectivity index (χ2v) is 13.1. The Labute approximate surface area is 299 Å². The SMILES string of the molecule is CC(C)c1ccc(OCc2ccc(CN3CCN(C(=O)C=Cc4ccc(Oc5ccc(OCc6ccccc6Cl)cn5)cc4)CC3)cc2)cc1. The lowest BCUT2D eigenvalue weighted by atomic mass is 10.0. The highest BCUT2D eigenvalue weighted by Crippen LogP contribution is 2.24. The number of rotatable bonds is 13. The summed E-state index contributed by atoms with van der Waals surface area (Å²) in [6, 6.07) is 35.6. The predicted octanol–water partition coefficient (Wildman–Crippen LogP) is 9.17. The van der Waals surface area contributed by atoms with E-state index in [1.54, 1.807) is 18.3 Å². The number of ether oxygens (including phenoxy) is 3. The summed E-state index contributed by atoms with van der Waals surface area (Å²) < 4.78 is 17.7. The van der Waals surface area contributed by atoms with E-state index in [-0.39, 0.29) is 5.91 Å². The Morgan fingerprint density at radius 1 is 0.760 bits per heavy atom. The largest absolute Gasteiger partial charge is 0.489 e. The van der Waals surface area contributed by atoms with Crippen molar-refractivity contribution in [2.24, 2.45) is 0 Å². The lowest BCUT2D eigenvalue weighted by molar-refractivity contribution is -0.127. The van der Waals surface area contributed by atoms with Crippen molar-refractivity contribution in [2.45, 2.75) is 39.5 Å². The van der Waals surface area contributed by atoms with Crippen molar-refractivity contribution < 1.29 is 19.0 Å². The molecule has 0 bridgehead atoms. The van der Waals surface area contributed by atoms with Gasteiger partial charge < -0.3 is 19.1 Å². The smallest absolute Gasteiger partial charge is 0.246 e. The first-order chi connectivity index (χ1) is 24.4. The van der Waals surface area contributed by atoms with E-state index in [9.17, 15) is 4.79 Å². The Hall–Kier alpha value is -5.11. The van der Waals surface area contributed by atoms with E-state index in [0.717, 1.165) is 42.1 Å². The number of hydrogen-bond donors (Lipinski definition) is 0. The van der Waals surface area contributed by atoms with Gasteiger partial charge in [-0.15, -0.1) is 0 Å². The van der Waals surface area contributed by atoms with Crippen molar-refractivity contribution in [3.8, 4) is 23.1 Å². The van der Waals surface area contributed by atoms with Crippen LogP contribution >= 0.6 is 11.6 Å². The molecule has 8 heteroatoms. The molecule has 7 nitrogen and oxygen atoms in total. The highest BCUT2D eigenvalue weighted by Gasteiger charge is 2.19. The summed E-state index contributed by atoms with van der Waals surface area (Å²) in [7, 11) is 0. The summed E-state index contributed by atoms with van der Waals surface area (Å²) in [6.07, 6.45) is 5.11. The molecule has 1 fully saturated rings. The summed E-state index contributed by atoms with van der Waals surface area (Å²) in [5.41, 5.74) is 5.54. The summed E-state index contributed by atoms with van der Waals surface area (Å²) in [5, 5.41) is 0.668. The maximum Gasteiger partial charge on any atom is 0.246 e. The molecule has 1 saturated heterocycles. The number of carbonyl (C=O) groups is 1. The van der Waals surface area contributed by atoms with Crippen LogP contribution in [-0.4, -0.2) is 46.9 Å². The Balaban J connectivity index is 0.899. The monoisotopic (exact) mass is 687 g/mol. The van der Waals surface area contributed by atoms with Gasteiger partial charge in [0, 0.05) is 55.5 Å². The fraction of sp³-hybridized carbons (Fsp3) is 0.238. The molecule has 0 saturated carbocycles. The Morgan fingerprint density at radius 2 is 1.42 bits per heavy atom. The molecule has 4 aromatic carbocycles. The Kier molecular flexibility index (Phi) is 11.8. The molecule has 0 spiro atoms. The highest BCUT2D eigenvalue weighted by molar-refractivity contribution is 6.31. The molecular formula is C42H42ClN3O4. The zero-order valence-corrected chi connectivity index (χ0v) is 29.3. The third-order valence-electron chi connectivity index (χ3n) is 8.65. The van der Waals surface area contributed by atoms with Crippen molar-refractivity contribution in [1.82, 2.24) is 14.8 Å². The van der Waals surface area contributed by atoms with Crippen molar-refractivity contribution in [3.63, 3.8) is 0 Å². The number of carbonyl (C=O) groups excluding carboxylic acids is 1. The topological polar surface area (TPSA) is 64.1 Å². The Morgan fingerprint density at radius 3 is 2.10 bits per heavy atom. The predicted molar refractivity (Wildman–Crippen MR) is 199 cm³/mol. The van der Waals surface area contributed by atoms with Gasteiger partial charge in [0.1, 0.15) is 30.5 Å². The van der Waals surface area contributed by atoms with Gasteiger partial charge in [-0.05, 0) is 70.6 Å². The van der Waals surface area contributed by atoms with Gasteiger partial charge in [-0.1, -0.05) is 92.2 Å². The average molecular weight is 688 g/mol. The summed E-state index contributed by atoms with van der Waals surface area (Å²) >= 11 is 6.20. The van der Waals surface area contributed by atoms with E-state index in [2.05, 4.69) is 60.1 Å². The number of amides is 1. The quantitative estimate of drug-likeness (QED) is 0.115. The molecule has 0 unspecified atom stereocenters. The molecule has 5 aromatic rings. The molecule has 1 aliphatic heterocycles. The van der Waals surface area contributed by atoms with Crippen LogP contribution in [0.1, 0.15) is 47.6 Å². The van der Waals surface area contributed by atoms with Crippen LogP contribution in [0.2, 0.25) is 5.02 Å². The van der Waals surface area contributed by atoms with Crippen LogP contribution in [0.25, 0.3) is 6.08 Å². The second-order valence-electron chi connectivity index (χ2n) is 12.6. The van der Waals surface area contributed by atoms with Gasteiger partial charge in [0.2, 0.25) is 11.8 Å². The van der Waals surface area contributed by atoms with Gasteiger partial charge in [0.05, 0.1) is 6.20 Å². The maximum atomic E-state index is 12.9. The lowest BCUT2D eigenvalue weighted by Crippen LogP contribution is -2.47. The zero-order chi connectivity index (χ0) is 34.7. The van der Waals surface area contributed by atoms with E-state index in [1.165, 1.54) is 11.1 Å². The molecule has 1 amide bonds. The van der Waals surface area contributed by atoms with Crippen molar-refractivity contribution in [3.05, 3.63) is 154 Å². The molecule has 256 valence electrons. The molecule has 2 heterocycles. The van der Waals surface area contributed by atoms with E-state index in [0.29, 0.717) is 54.6 Å². The standard InChI is InChI=1S/C42H42ClN3O4/c1-31(2)35-14-18-37(19-15-35)48-29-34-9-7-33(8-10-34)28-45-23-25-46(26-24-45)42(47)22-13-32-11-16-38(17-12-32)50-41-21-20-39(27-44-41)49-30-36-5-3-4-6-40(36)43/h3-22,27,31H,23-26,28-30H2,1-2H3. The number of hydrogen-bond acceptors (Lipinski definition) is 6. The van der Waals surface area contributed by atoms with E-state index in [4.69, 9.17) is 25.8 Å². The maximum absolute atomic E-state index is 12.9. The number of aromatic nitrogens is 1. The van der Waals surface area contributed by atoms with Crippen LogP contribution in [0.5, 0.6) is 23.1 Å². The zero-order valence-electron chi connectivity index (χ0n) is 28.5. The Bertz CT molecular complexity index is 1850. The van der Waals surface area contributed by atoms with Gasteiger partial charge in [-0.3, -0.25) is 9.69 Å². The fourth-order valence-corrected chi connectivity index (χ4v) is 5.76.